The van der Waals surface area contributed by atoms with Crippen LogP contribution >= 0.6 is 0 Å². The molecule has 0 spiro atoms. The summed E-state index contributed by atoms with van der Waals surface area (Å²) in [6, 6.07) is 0. The number of nitrogens with one attached hydrogen (secondary N) is 2. The first kappa shape index (κ1) is 21.5. The van der Waals surface area contributed by atoms with Crippen LogP contribution in [0.4, 0.5) is 0 Å². The van der Waals surface area contributed by atoms with E-state index in [1.165, 1.54) is 51.4 Å². The summed E-state index contributed by atoms with van der Waals surface area (Å²) in [6.07, 6.45) is 19.2. The van der Waals surface area contributed by atoms with Gasteiger partial charge in [0.05, 0.1) is 0 Å². The van der Waals surface area contributed by atoms with Crippen LogP contribution in [0.25, 0.3) is 0 Å². The number of carbonyl (C=O) groups is 2. The molecule has 6 heteroatoms. The van der Waals surface area contributed by atoms with Crippen LogP contribution in [0.2, 0.25) is 0 Å². The summed E-state index contributed by atoms with van der Waals surface area (Å²) in [5, 5.41) is 8.38. The number of nitrogens with zero attached hydrogens (tertiary/aromatic N) is 2. The highest BCUT2D eigenvalue weighted by molar-refractivity contribution is 5.77. The summed E-state index contributed by atoms with van der Waals surface area (Å²) >= 11 is 0. The Bertz CT molecular complexity index is 606. The number of hydrogen-bond acceptors (Lipinski definition) is 4. The Balaban J connectivity index is 0.974. The van der Waals surface area contributed by atoms with Gasteiger partial charge in [0.1, 0.15) is 0 Å². The van der Waals surface area contributed by atoms with Gasteiger partial charge in [-0.15, -0.1) is 0 Å². The van der Waals surface area contributed by atoms with Crippen LogP contribution in [-0.2, 0) is 9.59 Å². The molecule has 166 valence electrons. The van der Waals surface area contributed by atoms with Crippen molar-refractivity contribution in [1.82, 2.24) is 10.9 Å². The number of fused-ring (bicyclic) bond motifs is 4. The van der Waals surface area contributed by atoms with Crippen molar-refractivity contribution in [3.63, 3.8) is 0 Å². The normalized spacial score (nSPS) is 34.4. The number of carbonyl (C=O) groups excluding carboxylic acids is 2. The minimum Gasteiger partial charge on any atom is -0.273 e. The van der Waals surface area contributed by atoms with Gasteiger partial charge in [0.15, 0.2) is 0 Å². The summed E-state index contributed by atoms with van der Waals surface area (Å²) in [5.74, 6) is 4.56. The molecular formula is C24H38N4O2. The van der Waals surface area contributed by atoms with Crippen molar-refractivity contribution in [2.24, 2.45) is 45.7 Å². The largest absolute Gasteiger partial charge is 0.273 e. The summed E-state index contributed by atoms with van der Waals surface area (Å²) in [6.45, 7) is 0. The Kier molecular flexibility index (Phi) is 7.56. The molecule has 4 aliphatic rings. The molecule has 0 aromatic rings. The molecule has 4 bridgehead atoms. The zero-order valence-corrected chi connectivity index (χ0v) is 18.2. The Labute approximate surface area is 180 Å². The first-order chi connectivity index (χ1) is 14.7. The van der Waals surface area contributed by atoms with E-state index in [9.17, 15) is 9.59 Å². The van der Waals surface area contributed by atoms with Crippen molar-refractivity contribution in [3.8, 4) is 0 Å². The van der Waals surface area contributed by atoms with Crippen molar-refractivity contribution < 1.29 is 9.59 Å². The second-order valence-electron chi connectivity index (χ2n) is 10.2. The topological polar surface area (TPSA) is 82.9 Å². The van der Waals surface area contributed by atoms with Crippen LogP contribution in [0, 0.1) is 35.5 Å². The van der Waals surface area contributed by atoms with Gasteiger partial charge in [0, 0.05) is 25.3 Å². The fourth-order valence-corrected chi connectivity index (χ4v) is 6.40. The quantitative estimate of drug-likeness (QED) is 0.298. The van der Waals surface area contributed by atoms with E-state index in [-0.39, 0.29) is 11.8 Å². The Morgan fingerprint density at radius 1 is 0.667 bits per heavy atom. The van der Waals surface area contributed by atoms with Crippen LogP contribution in [0.3, 0.4) is 0 Å². The van der Waals surface area contributed by atoms with Gasteiger partial charge in [0.25, 0.3) is 0 Å². The lowest BCUT2D eigenvalue weighted by Gasteiger charge is -2.16. The number of hydrogen-bond donors (Lipinski definition) is 2. The molecule has 4 rings (SSSR count). The molecule has 0 aliphatic heterocycles. The van der Waals surface area contributed by atoms with Crippen LogP contribution in [0.5, 0.6) is 0 Å². The molecule has 6 atom stereocenters. The third kappa shape index (κ3) is 5.92. The van der Waals surface area contributed by atoms with Gasteiger partial charge in [-0.1, -0.05) is 25.7 Å². The van der Waals surface area contributed by atoms with Crippen molar-refractivity contribution in [2.45, 2.75) is 89.9 Å². The molecule has 0 radical (unpaired) electrons. The van der Waals surface area contributed by atoms with E-state index >= 15 is 0 Å². The molecule has 30 heavy (non-hydrogen) atoms. The molecule has 4 fully saturated rings. The lowest BCUT2D eigenvalue weighted by Crippen LogP contribution is -2.20. The molecule has 2 N–H and O–H groups in total. The Morgan fingerprint density at radius 3 is 1.50 bits per heavy atom. The summed E-state index contributed by atoms with van der Waals surface area (Å²) in [4.78, 5) is 23.8. The number of hydrazone groups is 2. The van der Waals surface area contributed by atoms with Crippen molar-refractivity contribution in [1.29, 1.82) is 0 Å². The van der Waals surface area contributed by atoms with Crippen molar-refractivity contribution in [3.05, 3.63) is 0 Å². The van der Waals surface area contributed by atoms with Gasteiger partial charge in [-0.2, -0.15) is 10.2 Å². The third-order valence-electron chi connectivity index (χ3n) is 8.05. The average molecular weight is 415 g/mol. The van der Waals surface area contributed by atoms with Gasteiger partial charge < -0.3 is 0 Å². The van der Waals surface area contributed by atoms with E-state index in [1.54, 1.807) is 0 Å². The summed E-state index contributed by atoms with van der Waals surface area (Å²) in [7, 11) is 0. The first-order valence-electron chi connectivity index (χ1n) is 12.3. The smallest absolute Gasteiger partial charge is 0.240 e. The summed E-state index contributed by atoms with van der Waals surface area (Å²) < 4.78 is 0. The molecule has 0 saturated heterocycles. The van der Waals surface area contributed by atoms with Crippen LogP contribution < -0.4 is 10.9 Å². The van der Waals surface area contributed by atoms with E-state index < -0.39 is 0 Å². The minimum absolute atomic E-state index is 0.00195. The SMILES string of the molecule is O=C(CCCCCCC(=O)NN=CC1CC2CCC1C2)NN=CC1CC2CCC1C2. The number of amides is 2. The van der Waals surface area contributed by atoms with E-state index in [2.05, 4.69) is 21.1 Å². The van der Waals surface area contributed by atoms with E-state index in [4.69, 9.17) is 0 Å². The maximum absolute atomic E-state index is 11.9. The number of rotatable bonds is 11. The predicted octanol–water partition coefficient (Wildman–Crippen LogP) is 4.40. The van der Waals surface area contributed by atoms with Crippen LogP contribution in [0.15, 0.2) is 10.2 Å². The highest BCUT2D eigenvalue weighted by atomic mass is 16.2. The van der Waals surface area contributed by atoms with Crippen molar-refractivity contribution >= 4 is 24.2 Å². The Hall–Kier alpha value is -1.72. The molecular weight excluding hydrogens is 376 g/mol. The predicted molar refractivity (Wildman–Crippen MR) is 119 cm³/mol. The third-order valence-corrected chi connectivity index (χ3v) is 8.05. The van der Waals surface area contributed by atoms with Gasteiger partial charge in [0.2, 0.25) is 11.8 Å². The van der Waals surface area contributed by atoms with E-state index in [0.29, 0.717) is 24.7 Å². The maximum atomic E-state index is 11.9. The fourth-order valence-electron chi connectivity index (χ4n) is 6.40. The molecule has 6 nitrogen and oxygen atoms in total. The highest BCUT2D eigenvalue weighted by Gasteiger charge is 2.39. The molecule has 6 unspecified atom stereocenters. The van der Waals surface area contributed by atoms with E-state index in [1.807, 2.05) is 12.4 Å². The monoisotopic (exact) mass is 414 g/mol. The zero-order chi connectivity index (χ0) is 20.8. The van der Waals surface area contributed by atoms with Crippen molar-refractivity contribution in [2.75, 3.05) is 0 Å². The van der Waals surface area contributed by atoms with Crippen LogP contribution in [0.1, 0.15) is 89.9 Å². The van der Waals surface area contributed by atoms with Gasteiger partial charge in [-0.3, -0.25) is 9.59 Å². The zero-order valence-electron chi connectivity index (χ0n) is 18.2. The molecule has 2 amide bonds. The first-order valence-corrected chi connectivity index (χ1v) is 12.3. The van der Waals surface area contributed by atoms with Gasteiger partial charge in [-0.25, -0.2) is 10.9 Å². The molecule has 0 heterocycles. The standard InChI is InChI=1S/C24H38N4O2/c29-23(27-25-15-21-13-17-7-9-19(21)11-17)5-3-1-2-4-6-24(30)28-26-16-22-14-18-8-10-20(22)12-18/h15-22H,1-14H2,(H,27,29)(H,28,30). The minimum atomic E-state index is 0.00195. The van der Waals surface area contributed by atoms with Crippen LogP contribution in [-0.4, -0.2) is 24.2 Å². The Morgan fingerprint density at radius 2 is 1.13 bits per heavy atom. The second-order valence-corrected chi connectivity index (χ2v) is 10.2. The lowest BCUT2D eigenvalue weighted by atomic mass is 9.90. The fraction of sp³-hybridized carbons (Fsp3) is 0.833. The average Bonchev–Trinajstić information content (AvgIpc) is 3.52. The van der Waals surface area contributed by atoms with Gasteiger partial charge >= 0.3 is 0 Å². The second kappa shape index (κ2) is 10.5. The molecule has 0 aromatic heterocycles. The lowest BCUT2D eigenvalue weighted by molar-refractivity contribution is -0.122. The molecule has 4 aliphatic carbocycles. The van der Waals surface area contributed by atoms with Gasteiger partial charge in [-0.05, 0) is 86.9 Å². The molecule has 0 aromatic carbocycles. The van der Waals surface area contributed by atoms with E-state index in [0.717, 1.165) is 49.4 Å². The molecule has 4 saturated carbocycles. The number of unbranched alkanes of at least 4 members (excludes halogenated alkanes) is 3. The maximum Gasteiger partial charge on any atom is 0.240 e. The summed E-state index contributed by atoms with van der Waals surface area (Å²) in [5.41, 5.74) is 5.37. The highest BCUT2D eigenvalue weighted by Crippen LogP contribution is 2.48.